The van der Waals surface area contributed by atoms with Crippen molar-refractivity contribution in [2.45, 2.75) is 95.9 Å². The summed E-state index contributed by atoms with van der Waals surface area (Å²) < 4.78 is 86.7. The Morgan fingerprint density at radius 2 is 1.55 bits per heavy atom. The van der Waals surface area contributed by atoms with Crippen LogP contribution in [0.1, 0.15) is 87.2 Å². The van der Waals surface area contributed by atoms with Gasteiger partial charge in [-0.1, -0.05) is 19.3 Å². The first-order chi connectivity index (χ1) is 19.9. The number of aromatic nitrogens is 1. The summed E-state index contributed by atoms with van der Waals surface area (Å²) in [6.45, 7) is 6.20. The zero-order valence-electron chi connectivity index (χ0n) is 23.8. The number of nitrogens with zero attached hydrogens (tertiary/aromatic N) is 4. The van der Waals surface area contributed by atoms with Crippen LogP contribution in [0.3, 0.4) is 0 Å². The molecule has 42 heavy (non-hydrogen) atoms. The first-order valence-corrected chi connectivity index (χ1v) is 14.6. The highest BCUT2D eigenvalue weighted by Crippen LogP contribution is 2.42. The first-order valence-electron chi connectivity index (χ1n) is 14.6. The van der Waals surface area contributed by atoms with E-state index < -0.39 is 41.7 Å². The number of halogens is 6. The molecule has 6 nitrogen and oxygen atoms in total. The van der Waals surface area contributed by atoms with Crippen LogP contribution in [-0.2, 0) is 23.6 Å². The van der Waals surface area contributed by atoms with Crippen LogP contribution >= 0.6 is 0 Å². The Kier molecular flexibility index (Phi) is 8.53. The SMILES string of the molecule is CCN(c1ncc(N2CCCC2)cc1CN1C(=O)OC(c2cc(C(F)(F)F)cc(C(F)(F)F)c2)C1C)C1CCCCC1. The van der Waals surface area contributed by atoms with Crippen molar-refractivity contribution in [1.29, 1.82) is 0 Å². The standard InChI is InChI=1S/C30H36F6N4O2/c1-3-39(24-9-5-4-6-10-24)27-21(15-25(17-37-27)38-11-7-8-12-38)18-40-19(2)26(42-28(40)41)20-13-22(29(31,32)33)16-23(14-20)30(34,35)36/h13-17,19,24,26H,3-12,18H2,1-2H3. The molecular weight excluding hydrogens is 562 g/mol. The van der Waals surface area contributed by atoms with Gasteiger partial charge in [-0.05, 0) is 69.4 Å². The molecule has 3 aliphatic rings. The second-order valence-corrected chi connectivity index (χ2v) is 11.5. The Labute approximate surface area is 241 Å². The van der Waals surface area contributed by atoms with Gasteiger partial charge in [0.1, 0.15) is 11.9 Å². The number of hydrogen-bond acceptors (Lipinski definition) is 5. The number of carbonyl (C=O) groups excluding carboxylic acids is 1. The van der Waals surface area contributed by atoms with Crippen molar-refractivity contribution in [2.24, 2.45) is 0 Å². The Bertz CT molecular complexity index is 1240. The van der Waals surface area contributed by atoms with E-state index in [0.717, 1.165) is 68.7 Å². The Morgan fingerprint density at radius 3 is 2.12 bits per heavy atom. The van der Waals surface area contributed by atoms with Gasteiger partial charge in [0.15, 0.2) is 0 Å². The van der Waals surface area contributed by atoms with E-state index >= 15 is 0 Å². The number of cyclic esters (lactones) is 1. The van der Waals surface area contributed by atoms with Crippen LogP contribution in [0.2, 0.25) is 0 Å². The van der Waals surface area contributed by atoms with Crippen molar-refractivity contribution in [2.75, 3.05) is 29.4 Å². The van der Waals surface area contributed by atoms with Gasteiger partial charge in [-0.25, -0.2) is 9.78 Å². The van der Waals surface area contributed by atoms with Crippen molar-refractivity contribution in [3.05, 3.63) is 52.7 Å². The van der Waals surface area contributed by atoms with Gasteiger partial charge in [0.2, 0.25) is 0 Å². The minimum Gasteiger partial charge on any atom is -0.439 e. The summed E-state index contributed by atoms with van der Waals surface area (Å²) in [5.74, 6) is 0.745. The maximum atomic E-state index is 13.5. The van der Waals surface area contributed by atoms with Gasteiger partial charge in [0.05, 0.1) is 35.6 Å². The van der Waals surface area contributed by atoms with Crippen molar-refractivity contribution >= 4 is 17.6 Å². The number of alkyl halides is 6. The molecule has 2 aromatic rings. The molecule has 0 bridgehead atoms. The van der Waals surface area contributed by atoms with Crippen molar-refractivity contribution < 1.29 is 35.9 Å². The second-order valence-electron chi connectivity index (χ2n) is 11.5. The fourth-order valence-corrected chi connectivity index (χ4v) is 6.47. The number of rotatable bonds is 7. The minimum absolute atomic E-state index is 0.0643. The topological polar surface area (TPSA) is 48.9 Å². The zero-order valence-corrected chi connectivity index (χ0v) is 23.8. The van der Waals surface area contributed by atoms with Crippen LogP contribution in [0.5, 0.6) is 0 Å². The Morgan fingerprint density at radius 1 is 0.929 bits per heavy atom. The molecule has 3 heterocycles. The molecule has 2 unspecified atom stereocenters. The molecule has 12 heteroatoms. The quantitative estimate of drug-likeness (QED) is 0.303. The summed E-state index contributed by atoms with van der Waals surface area (Å²) in [6, 6.07) is 2.84. The highest BCUT2D eigenvalue weighted by atomic mass is 19.4. The average Bonchev–Trinajstić information content (AvgIpc) is 3.58. The molecule has 0 radical (unpaired) electrons. The number of hydrogen-bond donors (Lipinski definition) is 0. The van der Waals surface area contributed by atoms with Gasteiger partial charge in [0.25, 0.3) is 0 Å². The molecule has 1 saturated carbocycles. The molecule has 1 aromatic carbocycles. The van der Waals surface area contributed by atoms with Crippen LogP contribution in [0.25, 0.3) is 0 Å². The van der Waals surface area contributed by atoms with Gasteiger partial charge in [-0.15, -0.1) is 0 Å². The Balaban J connectivity index is 1.48. The highest BCUT2D eigenvalue weighted by Gasteiger charge is 2.43. The molecular formula is C30H36F6N4O2. The van der Waals surface area contributed by atoms with Crippen LogP contribution in [-0.4, -0.2) is 47.7 Å². The van der Waals surface area contributed by atoms with Gasteiger partial charge in [0, 0.05) is 31.2 Å². The lowest BCUT2D eigenvalue weighted by molar-refractivity contribution is -0.143. The van der Waals surface area contributed by atoms with E-state index in [-0.39, 0.29) is 18.2 Å². The van der Waals surface area contributed by atoms with Crippen molar-refractivity contribution in [1.82, 2.24) is 9.88 Å². The Hall–Kier alpha value is -3.18. The summed E-state index contributed by atoms with van der Waals surface area (Å²) in [5, 5.41) is 0. The van der Waals surface area contributed by atoms with E-state index in [0.29, 0.717) is 24.7 Å². The number of amides is 1. The average molecular weight is 599 g/mol. The van der Waals surface area contributed by atoms with E-state index in [1.807, 2.05) is 12.3 Å². The summed E-state index contributed by atoms with van der Waals surface area (Å²) >= 11 is 0. The summed E-state index contributed by atoms with van der Waals surface area (Å²) in [4.78, 5) is 23.9. The summed E-state index contributed by atoms with van der Waals surface area (Å²) in [5.41, 5.74) is -1.52. The van der Waals surface area contributed by atoms with E-state index in [9.17, 15) is 31.1 Å². The maximum absolute atomic E-state index is 13.5. The normalized spacial score (nSPS) is 22.1. The third-order valence-corrected chi connectivity index (χ3v) is 8.70. The van der Waals surface area contributed by atoms with Crippen molar-refractivity contribution in [3.63, 3.8) is 0 Å². The molecule has 5 rings (SSSR count). The first kappa shape index (κ1) is 30.3. The molecule has 2 saturated heterocycles. The number of benzene rings is 1. The van der Waals surface area contributed by atoms with E-state index in [4.69, 9.17) is 9.72 Å². The summed E-state index contributed by atoms with van der Waals surface area (Å²) in [6.07, 6.45) is -2.63. The molecule has 3 fully saturated rings. The van der Waals surface area contributed by atoms with E-state index in [2.05, 4.69) is 16.7 Å². The third kappa shape index (κ3) is 6.27. The van der Waals surface area contributed by atoms with Gasteiger partial charge >= 0.3 is 18.4 Å². The molecule has 0 N–H and O–H groups in total. The number of ether oxygens (including phenoxy) is 1. The van der Waals surface area contributed by atoms with E-state index in [1.54, 1.807) is 6.92 Å². The molecule has 2 atom stereocenters. The fraction of sp³-hybridized carbons (Fsp3) is 0.600. The smallest absolute Gasteiger partial charge is 0.416 e. The molecule has 1 aliphatic carbocycles. The number of carbonyl (C=O) groups is 1. The molecule has 1 amide bonds. The second kappa shape index (κ2) is 11.8. The van der Waals surface area contributed by atoms with Gasteiger partial charge < -0.3 is 14.5 Å². The molecule has 0 spiro atoms. The number of pyridine rings is 1. The lowest BCUT2D eigenvalue weighted by Gasteiger charge is -2.36. The monoisotopic (exact) mass is 598 g/mol. The largest absolute Gasteiger partial charge is 0.439 e. The minimum atomic E-state index is -5.00. The van der Waals surface area contributed by atoms with E-state index in [1.165, 1.54) is 11.3 Å². The van der Waals surface area contributed by atoms with Crippen LogP contribution in [0.15, 0.2) is 30.5 Å². The lowest BCUT2D eigenvalue weighted by Crippen LogP contribution is -2.39. The highest BCUT2D eigenvalue weighted by molar-refractivity contribution is 5.72. The van der Waals surface area contributed by atoms with Crippen LogP contribution in [0.4, 0.5) is 42.6 Å². The molecule has 230 valence electrons. The van der Waals surface area contributed by atoms with Gasteiger partial charge in [-0.3, -0.25) is 4.90 Å². The molecule has 1 aromatic heterocycles. The zero-order chi connectivity index (χ0) is 30.2. The predicted octanol–water partition coefficient (Wildman–Crippen LogP) is 7.96. The fourth-order valence-electron chi connectivity index (χ4n) is 6.47. The third-order valence-electron chi connectivity index (χ3n) is 8.70. The van der Waals surface area contributed by atoms with Crippen molar-refractivity contribution in [3.8, 4) is 0 Å². The number of anilines is 2. The van der Waals surface area contributed by atoms with Crippen LogP contribution < -0.4 is 9.80 Å². The van der Waals surface area contributed by atoms with Gasteiger partial charge in [-0.2, -0.15) is 26.3 Å². The predicted molar refractivity (Wildman–Crippen MR) is 146 cm³/mol. The maximum Gasteiger partial charge on any atom is 0.416 e. The summed E-state index contributed by atoms with van der Waals surface area (Å²) in [7, 11) is 0. The van der Waals surface area contributed by atoms with Crippen LogP contribution in [0, 0.1) is 0 Å². The lowest BCUT2D eigenvalue weighted by atomic mass is 9.94. The molecule has 2 aliphatic heterocycles.